The second kappa shape index (κ2) is 6.31. The number of hydrogen-bond acceptors (Lipinski definition) is 1. The van der Waals surface area contributed by atoms with Gasteiger partial charge in [-0.25, -0.2) is 8.78 Å². The number of halogens is 4. The zero-order valence-corrected chi connectivity index (χ0v) is 12.2. The minimum atomic E-state index is -0.525. The first-order valence-electron chi connectivity index (χ1n) is 6.05. The number of alkyl halides is 1. The Kier molecular flexibility index (Phi) is 4.98. The van der Waals surface area contributed by atoms with E-state index in [2.05, 4.69) is 21.2 Å². The molecule has 1 aliphatic carbocycles. The van der Waals surface area contributed by atoms with Crippen LogP contribution in [0.1, 0.15) is 24.8 Å². The molecule has 1 aliphatic rings. The van der Waals surface area contributed by atoms with Crippen molar-refractivity contribution in [2.24, 2.45) is 5.92 Å². The number of benzene rings is 1. The Labute approximate surface area is 119 Å². The maximum absolute atomic E-state index is 13.8. The van der Waals surface area contributed by atoms with E-state index in [1.54, 1.807) is 0 Å². The molecule has 0 aromatic heterocycles. The van der Waals surface area contributed by atoms with Gasteiger partial charge in [-0.05, 0) is 46.8 Å². The van der Waals surface area contributed by atoms with Crippen molar-refractivity contribution >= 4 is 27.5 Å². The summed E-state index contributed by atoms with van der Waals surface area (Å²) in [5.74, 6) is -0.0299. The van der Waals surface area contributed by atoms with Gasteiger partial charge in [-0.3, -0.25) is 0 Å². The van der Waals surface area contributed by atoms with Gasteiger partial charge in [-0.2, -0.15) is 0 Å². The molecule has 0 bridgehead atoms. The van der Waals surface area contributed by atoms with Gasteiger partial charge in [0.1, 0.15) is 11.6 Å². The zero-order valence-electron chi connectivity index (χ0n) is 9.86. The van der Waals surface area contributed by atoms with E-state index in [-0.39, 0.29) is 18.2 Å². The van der Waals surface area contributed by atoms with Crippen LogP contribution in [0.15, 0.2) is 16.6 Å². The SMILES string of the molecule is Fc1ccc(Br)c(F)c1CNC1CCCC1CCl. The van der Waals surface area contributed by atoms with Gasteiger partial charge in [0, 0.05) is 24.0 Å². The minimum absolute atomic E-state index is 0.0876. The van der Waals surface area contributed by atoms with Crippen molar-refractivity contribution < 1.29 is 8.78 Å². The van der Waals surface area contributed by atoms with Gasteiger partial charge in [-0.15, -0.1) is 11.6 Å². The molecule has 18 heavy (non-hydrogen) atoms. The second-order valence-corrected chi connectivity index (χ2v) is 5.82. The second-order valence-electron chi connectivity index (χ2n) is 4.65. The van der Waals surface area contributed by atoms with Crippen LogP contribution in [0.25, 0.3) is 0 Å². The normalized spacial score (nSPS) is 23.6. The summed E-state index contributed by atoms with van der Waals surface area (Å²) in [7, 11) is 0. The van der Waals surface area contributed by atoms with E-state index in [0.29, 0.717) is 16.3 Å². The third-order valence-electron chi connectivity index (χ3n) is 3.54. The Balaban J connectivity index is 2.04. The zero-order chi connectivity index (χ0) is 13.1. The van der Waals surface area contributed by atoms with Crippen molar-refractivity contribution in [3.8, 4) is 0 Å². The van der Waals surface area contributed by atoms with Crippen molar-refractivity contribution in [1.29, 1.82) is 0 Å². The summed E-state index contributed by atoms with van der Waals surface area (Å²) >= 11 is 8.95. The van der Waals surface area contributed by atoms with Crippen LogP contribution in [0.2, 0.25) is 0 Å². The molecule has 2 unspecified atom stereocenters. The van der Waals surface area contributed by atoms with E-state index in [4.69, 9.17) is 11.6 Å². The van der Waals surface area contributed by atoms with Gasteiger partial charge in [0.2, 0.25) is 0 Å². The smallest absolute Gasteiger partial charge is 0.144 e. The Morgan fingerprint density at radius 1 is 1.33 bits per heavy atom. The molecular formula is C13H15BrClF2N. The molecule has 2 rings (SSSR count). The Morgan fingerprint density at radius 2 is 2.11 bits per heavy atom. The average Bonchev–Trinajstić information content (AvgIpc) is 2.81. The molecule has 0 aliphatic heterocycles. The van der Waals surface area contributed by atoms with E-state index in [1.165, 1.54) is 12.1 Å². The number of rotatable bonds is 4. The molecular weight excluding hydrogens is 324 g/mol. The van der Waals surface area contributed by atoms with Crippen LogP contribution >= 0.6 is 27.5 Å². The van der Waals surface area contributed by atoms with E-state index in [0.717, 1.165) is 19.3 Å². The largest absolute Gasteiger partial charge is 0.309 e. The van der Waals surface area contributed by atoms with Crippen molar-refractivity contribution in [2.45, 2.75) is 31.8 Å². The van der Waals surface area contributed by atoms with Crippen LogP contribution in [-0.4, -0.2) is 11.9 Å². The molecule has 0 amide bonds. The maximum Gasteiger partial charge on any atom is 0.144 e. The molecule has 100 valence electrons. The molecule has 0 saturated heterocycles. The van der Waals surface area contributed by atoms with E-state index in [9.17, 15) is 8.78 Å². The average molecular weight is 339 g/mol. The molecule has 2 atom stereocenters. The molecule has 5 heteroatoms. The van der Waals surface area contributed by atoms with Crippen LogP contribution in [0, 0.1) is 17.6 Å². The molecule has 0 radical (unpaired) electrons. The minimum Gasteiger partial charge on any atom is -0.309 e. The summed E-state index contributed by atoms with van der Waals surface area (Å²) < 4.78 is 27.6. The van der Waals surface area contributed by atoms with Gasteiger partial charge in [-0.1, -0.05) is 6.42 Å². The van der Waals surface area contributed by atoms with Crippen molar-refractivity contribution in [2.75, 3.05) is 5.88 Å². The summed E-state index contributed by atoms with van der Waals surface area (Å²) in [6.07, 6.45) is 3.23. The molecule has 1 aromatic rings. The van der Waals surface area contributed by atoms with Crippen molar-refractivity contribution in [3.05, 3.63) is 33.8 Å². The quantitative estimate of drug-likeness (QED) is 0.640. The first kappa shape index (κ1) is 14.2. The van der Waals surface area contributed by atoms with Crippen molar-refractivity contribution in [3.63, 3.8) is 0 Å². The third-order valence-corrected chi connectivity index (χ3v) is 4.55. The molecule has 1 saturated carbocycles. The molecule has 1 N–H and O–H groups in total. The standard InChI is InChI=1S/C13H15BrClF2N/c14-10-4-5-11(16)9(13(10)17)7-18-12-3-1-2-8(12)6-15/h4-5,8,12,18H,1-3,6-7H2. The van der Waals surface area contributed by atoms with Gasteiger partial charge in [0.05, 0.1) is 4.47 Å². The predicted molar refractivity (Wildman–Crippen MR) is 72.7 cm³/mol. The third kappa shape index (κ3) is 3.03. The lowest BCUT2D eigenvalue weighted by Crippen LogP contribution is -2.33. The van der Waals surface area contributed by atoms with Crippen LogP contribution in [0.4, 0.5) is 8.78 Å². The number of nitrogens with one attached hydrogen (secondary N) is 1. The van der Waals surface area contributed by atoms with Crippen LogP contribution < -0.4 is 5.32 Å². The molecule has 1 nitrogen and oxygen atoms in total. The fourth-order valence-corrected chi connectivity index (χ4v) is 3.20. The summed E-state index contributed by atoms with van der Waals surface area (Å²) in [6, 6.07) is 2.92. The lowest BCUT2D eigenvalue weighted by molar-refractivity contribution is 0.417. The molecule has 0 spiro atoms. The predicted octanol–water partition coefficient (Wildman–Crippen LogP) is 4.22. The van der Waals surface area contributed by atoms with E-state index in [1.807, 2.05) is 0 Å². The lowest BCUT2D eigenvalue weighted by Gasteiger charge is -2.19. The fourth-order valence-electron chi connectivity index (χ4n) is 2.45. The summed E-state index contributed by atoms with van der Waals surface area (Å²) in [4.78, 5) is 0. The first-order valence-corrected chi connectivity index (χ1v) is 7.38. The topological polar surface area (TPSA) is 12.0 Å². The van der Waals surface area contributed by atoms with Gasteiger partial charge < -0.3 is 5.32 Å². The number of hydrogen-bond donors (Lipinski definition) is 1. The van der Waals surface area contributed by atoms with Crippen molar-refractivity contribution in [1.82, 2.24) is 5.32 Å². The maximum atomic E-state index is 13.8. The van der Waals surface area contributed by atoms with Crippen LogP contribution in [-0.2, 0) is 6.54 Å². The highest BCUT2D eigenvalue weighted by Gasteiger charge is 2.26. The summed E-state index contributed by atoms with van der Waals surface area (Å²) in [6.45, 7) is 0.204. The highest BCUT2D eigenvalue weighted by Crippen LogP contribution is 2.28. The van der Waals surface area contributed by atoms with Gasteiger partial charge in [0.15, 0.2) is 0 Å². The Morgan fingerprint density at radius 3 is 2.83 bits per heavy atom. The Bertz CT molecular complexity index is 428. The summed E-state index contributed by atoms with van der Waals surface area (Å²) in [5, 5.41) is 3.22. The molecule has 1 fully saturated rings. The van der Waals surface area contributed by atoms with E-state index >= 15 is 0 Å². The highest BCUT2D eigenvalue weighted by molar-refractivity contribution is 9.10. The van der Waals surface area contributed by atoms with Gasteiger partial charge >= 0.3 is 0 Å². The lowest BCUT2D eigenvalue weighted by atomic mass is 10.1. The highest BCUT2D eigenvalue weighted by atomic mass is 79.9. The van der Waals surface area contributed by atoms with E-state index < -0.39 is 11.6 Å². The molecule has 0 heterocycles. The monoisotopic (exact) mass is 337 g/mol. The summed E-state index contributed by atoms with van der Waals surface area (Å²) in [5.41, 5.74) is 0.0876. The first-order chi connectivity index (χ1) is 8.63. The van der Waals surface area contributed by atoms with Crippen LogP contribution in [0.5, 0.6) is 0 Å². The van der Waals surface area contributed by atoms with Crippen LogP contribution in [0.3, 0.4) is 0 Å². The fraction of sp³-hybridized carbons (Fsp3) is 0.538. The van der Waals surface area contributed by atoms with Gasteiger partial charge in [0.25, 0.3) is 0 Å². The Hall–Kier alpha value is -0.190. The molecule has 1 aromatic carbocycles.